The lowest BCUT2D eigenvalue weighted by molar-refractivity contribution is -0.140. The summed E-state index contributed by atoms with van der Waals surface area (Å²) in [6, 6.07) is 15.5. The second-order valence-electron chi connectivity index (χ2n) is 12.2. The second-order valence-corrected chi connectivity index (χ2v) is 12.2. The van der Waals surface area contributed by atoms with E-state index in [1.165, 1.54) is 16.9 Å². The molecule has 2 N–H and O–H groups in total. The minimum atomic E-state index is -1.40. The average molecular weight is 644 g/mol. The molecule has 1 unspecified atom stereocenters. The van der Waals surface area contributed by atoms with Gasteiger partial charge < -0.3 is 34.6 Å². The SMILES string of the molecule is N#Cc1cc(-c2ncnc(Nc3ccc(N4CCN(C5COC5)CC4)cc3)n2)ccc1O[C@H]1CCN(C(=O)C2COCCN2)C[C@H]1F. The van der Waals surface area contributed by atoms with Gasteiger partial charge in [0, 0.05) is 62.6 Å². The van der Waals surface area contributed by atoms with Crippen LogP contribution < -0.4 is 20.3 Å². The summed E-state index contributed by atoms with van der Waals surface area (Å²) in [6.45, 7) is 7.46. The summed E-state index contributed by atoms with van der Waals surface area (Å²) in [5.74, 6) is 0.861. The number of morpholine rings is 1. The fourth-order valence-electron chi connectivity index (χ4n) is 6.34. The van der Waals surface area contributed by atoms with Gasteiger partial charge in [0.15, 0.2) is 12.0 Å². The van der Waals surface area contributed by atoms with E-state index in [-0.39, 0.29) is 30.4 Å². The molecule has 0 saturated carbocycles. The van der Waals surface area contributed by atoms with Crippen LogP contribution >= 0.6 is 0 Å². The van der Waals surface area contributed by atoms with Crippen molar-refractivity contribution in [2.75, 3.05) is 82.5 Å². The Labute approximate surface area is 272 Å². The maximum atomic E-state index is 15.2. The first kappa shape index (κ1) is 31.2. The predicted molar refractivity (Wildman–Crippen MR) is 171 cm³/mol. The Kier molecular flexibility index (Phi) is 9.39. The molecule has 14 heteroatoms. The van der Waals surface area contributed by atoms with Gasteiger partial charge >= 0.3 is 0 Å². The highest BCUT2D eigenvalue weighted by Crippen LogP contribution is 2.29. The Balaban J connectivity index is 0.954. The van der Waals surface area contributed by atoms with Crippen molar-refractivity contribution in [3.05, 3.63) is 54.4 Å². The quantitative estimate of drug-likeness (QED) is 0.371. The summed E-state index contributed by atoms with van der Waals surface area (Å²) in [4.78, 5) is 32.3. The molecular weight excluding hydrogens is 605 g/mol. The van der Waals surface area contributed by atoms with Crippen LogP contribution in [0.1, 0.15) is 12.0 Å². The maximum absolute atomic E-state index is 15.2. The summed E-state index contributed by atoms with van der Waals surface area (Å²) >= 11 is 0. The molecule has 13 nitrogen and oxygen atoms in total. The van der Waals surface area contributed by atoms with Gasteiger partial charge in [-0.2, -0.15) is 10.2 Å². The highest BCUT2D eigenvalue weighted by atomic mass is 19.1. The Bertz CT molecular complexity index is 1590. The van der Waals surface area contributed by atoms with Crippen molar-refractivity contribution in [3.8, 4) is 23.2 Å². The molecule has 5 heterocycles. The fourth-order valence-corrected chi connectivity index (χ4v) is 6.34. The summed E-state index contributed by atoms with van der Waals surface area (Å²) in [5.41, 5.74) is 2.85. The Hall–Kier alpha value is -4.42. The number of likely N-dealkylation sites (tertiary alicyclic amines) is 1. The molecule has 4 fully saturated rings. The lowest BCUT2D eigenvalue weighted by Crippen LogP contribution is -2.57. The molecule has 0 radical (unpaired) electrons. The van der Waals surface area contributed by atoms with Crippen molar-refractivity contribution >= 4 is 23.2 Å². The summed E-state index contributed by atoms with van der Waals surface area (Å²) in [7, 11) is 0. The highest BCUT2D eigenvalue weighted by molar-refractivity contribution is 5.82. The number of piperazine rings is 1. The molecule has 0 spiro atoms. The number of aromatic nitrogens is 3. The number of nitrogens with zero attached hydrogens (tertiary/aromatic N) is 7. The van der Waals surface area contributed by atoms with Gasteiger partial charge in [0.1, 0.15) is 30.3 Å². The number of alkyl halides is 1. The van der Waals surface area contributed by atoms with Crippen molar-refractivity contribution < 1.29 is 23.4 Å². The summed E-state index contributed by atoms with van der Waals surface area (Å²) < 4.78 is 31.9. The van der Waals surface area contributed by atoms with E-state index in [4.69, 9.17) is 14.2 Å². The van der Waals surface area contributed by atoms with Crippen LogP contribution in [0.3, 0.4) is 0 Å². The van der Waals surface area contributed by atoms with E-state index in [1.54, 1.807) is 18.2 Å². The number of nitrogens with one attached hydrogen (secondary N) is 2. The van der Waals surface area contributed by atoms with E-state index in [0.717, 1.165) is 45.1 Å². The largest absolute Gasteiger partial charge is 0.486 e. The molecule has 0 bridgehead atoms. The molecule has 47 heavy (non-hydrogen) atoms. The third kappa shape index (κ3) is 7.13. The second kappa shape index (κ2) is 14.1. The average Bonchev–Trinajstić information content (AvgIpc) is 3.09. The Morgan fingerprint density at radius 3 is 2.57 bits per heavy atom. The van der Waals surface area contributed by atoms with Gasteiger partial charge in [-0.25, -0.2) is 14.4 Å². The van der Waals surface area contributed by atoms with Crippen molar-refractivity contribution in [2.45, 2.75) is 30.8 Å². The van der Waals surface area contributed by atoms with E-state index in [2.05, 4.69) is 53.6 Å². The standard InChI is InChI=1S/C33H38FN9O4/c34-27-17-43(32(44)28-20-45-14-8-36-28)9-7-30(27)47-29-6-1-22(15-23(29)16-35)31-37-21-38-33(40-31)39-24-2-4-25(5-3-24)41-10-12-42(13-11-41)26-18-46-19-26/h1-6,15,21,26-28,30,36H,7-14,17-20H2,(H,37,38,39,40)/t27-,28?,30+/m1/s1. The number of hydrogen-bond donors (Lipinski definition) is 2. The first-order chi connectivity index (χ1) is 23.0. The molecule has 1 amide bonds. The third-order valence-corrected chi connectivity index (χ3v) is 9.16. The van der Waals surface area contributed by atoms with Crippen LogP contribution in [-0.2, 0) is 14.3 Å². The van der Waals surface area contributed by atoms with Crippen LogP contribution in [0.15, 0.2) is 48.8 Å². The number of amides is 1. The smallest absolute Gasteiger partial charge is 0.242 e. The molecular formula is C33H38FN9O4. The molecule has 4 aliphatic rings. The normalized spacial score (nSPS) is 23.9. The number of halogens is 1. The summed E-state index contributed by atoms with van der Waals surface area (Å²) in [5, 5.41) is 16.3. The molecule has 246 valence electrons. The van der Waals surface area contributed by atoms with Gasteiger partial charge in [0.25, 0.3) is 0 Å². The van der Waals surface area contributed by atoms with E-state index in [1.807, 2.05) is 12.1 Å². The van der Waals surface area contributed by atoms with Gasteiger partial charge in [0.05, 0.1) is 44.6 Å². The number of hydrogen-bond acceptors (Lipinski definition) is 12. The van der Waals surface area contributed by atoms with E-state index in [9.17, 15) is 10.1 Å². The van der Waals surface area contributed by atoms with Gasteiger partial charge in [-0.15, -0.1) is 0 Å². The zero-order valence-electron chi connectivity index (χ0n) is 26.1. The van der Waals surface area contributed by atoms with Crippen LogP contribution in [-0.4, -0.2) is 127 Å². The number of carbonyl (C=O) groups is 1. The zero-order valence-corrected chi connectivity index (χ0v) is 26.1. The predicted octanol–water partition coefficient (Wildman–Crippen LogP) is 1.98. The van der Waals surface area contributed by atoms with E-state index >= 15 is 4.39 Å². The van der Waals surface area contributed by atoms with Crippen LogP contribution in [0.4, 0.5) is 21.7 Å². The number of ether oxygens (including phenoxy) is 3. The first-order valence-electron chi connectivity index (χ1n) is 16.1. The van der Waals surface area contributed by atoms with Crippen molar-refractivity contribution in [3.63, 3.8) is 0 Å². The van der Waals surface area contributed by atoms with Gasteiger partial charge in [-0.05, 0) is 42.5 Å². The molecule has 1 aromatic heterocycles. The lowest BCUT2D eigenvalue weighted by atomic mass is 10.0. The number of nitriles is 1. The Morgan fingerprint density at radius 1 is 1.04 bits per heavy atom. The monoisotopic (exact) mass is 643 g/mol. The Morgan fingerprint density at radius 2 is 1.87 bits per heavy atom. The number of benzene rings is 2. The van der Waals surface area contributed by atoms with Crippen LogP contribution in [0.25, 0.3) is 11.4 Å². The van der Waals surface area contributed by atoms with Gasteiger partial charge in [-0.3, -0.25) is 9.69 Å². The maximum Gasteiger partial charge on any atom is 0.242 e. The number of piperidine rings is 1. The summed E-state index contributed by atoms with van der Waals surface area (Å²) in [6.07, 6.45) is -0.449. The van der Waals surface area contributed by atoms with E-state index < -0.39 is 18.3 Å². The van der Waals surface area contributed by atoms with Crippen LogP contribution in [0, 0.1) is 11.3 Å². The molecule has 0 aliphatic carbocycles. The van der Waals surface area contributed by atoms with Crippen molar-refractivity contribution in [1.82, 2.24) is 30.1 Å². The molecule has 3 atom stereocenters. The van der Waals surface area contributed by atoms with Crippen molar-refractivity contribution in [2.24, 2.45) is 0 Å². The van der Waals surface area contributed by atoms with Crippen molar-refractivity contribution in [1.29, 1.82) is 5.26 Å². The molecule has 3 aromatic rings. The minimum Gasteiger partial charge on any atom is -0.486 e. The molecule has 4 aliphatic heterocycles. The first-order valence-corrected chi connectivity index (χ1v) is 16.1. The van der Waals surface area contributed by atoms with E-state index in [0.29, 0.717) is 49.5 Å². The molecule has 7 rings (SSSR count). The lowest BCUT2D eigenvalue weighted by Gasteiger charge is -2.43. The van der Waals surface area contributed by atoms with Gasteiger partial charge in [0.2, 0.25) is 11.9 Å². The number of anilines is 3. The van der Waals surface area contributed by atoms with Crippen LogP contribution in [0.5, 0.6) is 5.75 Å². The molecule has 4 saturated heterocycles. The minimum absolute atomic E-state index is 0.0709. The fraction of sp³-hybridized carbons (Fsp3) is 0.485. The van der Waals surface area contributed by atoms with Gasteiger partial charge in [-0.1, -0.05) is 0 Å². The number of carbonyl (C=O) groups excluding carboxylic acids is 1. The zero-order chi connectivity index (χ0) is 32.2. The molecule has 2 aromatic carbocycles. The topological polar surface area (TPSA) is 141 Å². The van der Waals surface area contributed by atoms with Crippen LogP contribution in [0.2, 0.25) is 0 Å². The highest BCUT2D eigenvalue weighted by Gasteiger charge is 2.36. The third-order valence-electron chi connectivity index (χ3n) is 9.16. The number of rotatable bonds is 8.